The monoisotopic (exact) mass is 169 g/mol. The minimum atomic E-state index is 0.608. The Morgan fingerprint density at radius 1 is 1.25 bits per heavy atom. The number of unbranched alkanes of at least 4 members (excludes halogenated alkanes) is 1. The number of hydrogen-bond acceptors (Lipinski definition) is 2. The van der Waals surface area contributed by atoms with Gasteiger partial charge < -0.3 is 0 Å². The number of carbonyl (C=O) groups excluding carboxylic acids is 1. The van der Waals surface area contributed by atoms with E-state index >= 15 is 0 Å². The molecule has 0 aromatic heterocycles. The van der Waals surface area contributed by atoms with Gasteiger partial charge in [0.1, 0.15) is 0 Å². The fourth-order valence-electron chi connectivity index (χ4n) is 1.39. The maximum atomic E-state index is 9.90. The molecule has 0 N–H and O–H groups in total. The smallest absolute Gasteiger partial charge is 0.211 e. The number of isocyanates is 1. The van der Waals surface area contributed by atoms with Crippen molar-refractivity contribution in [3.8, 4) is 0 Å². The van der Waals surface area contributed by atoms with Crippen LogP contribution in [0, 0.1) is 5.92 Å². The third-order valence-corrected chi connectivity index (χ3v) is 2.08. The normalized spacial score (nSPS) is 12.2. The Morgan fingerprint density at radius 2 is 2.00 bits per heavy atom. The van der Waals surface area contributed by atoms with E-state index in [2.05, 4.69) is 18.8 Å². The first-order chi connectivity index (χ1) is 5.85. The fraction of sp³-hybridized carbons (Fsp3) is 0.900. The average Bonchev–Trinajstić information content (AvgIpc) is 2.10. The first-order valence-corrected chi connectivity index (χ1v) is 4.88. The Hall–Kier alpha value is -0.620. The summed E-state index contributed by atoms with van der Waals surface area (Å²) in [5, 5.41) is 0. The van der Waals surface area contributed by atoms with Gasteiger partial charge in [0.2, 0.25) is 6.08 Å². The van der Waals surface area contributed by atoms with Crippen LogP contribution in [-0.2, 0) is 4.79 Å². The molecule has 0 saturated heterocycles. The van der Waals surface area contributed by atoms with Gasteiger partial charge in [-0.15, -0.1) is 0 Å². The lowest BCUT2D eigenvalue weighted by Gasteiger charge is -2.11. The summed E-state index contributed by atoms with van der Waals surface area (Å²) in [6.07, 6.45) is 7.66. The molecule has 0 amide bonds. The highest BCUT2D eigenvalue weighted by atomic mass is 16.1. The molecule has 0 aromatic carbocycles. The summed E-state index contributed by atoms with van der Waals surface area (Å²) >= 11 is 0. The van der Waals surface area contributed by atoms with Gasteiger partial charge in [-0.25, -0.2) is 9.79 Å². The molecule has 2 nitrogen and oxygen atoms in total. The largest absolute Gasteiger partial charge is 0.234 e. The van der Waals surface area contributed by atoms with Gasteiger partial charge in [-0.2, -0.15) is 0 Å². The summed E-state index contributed by atoms with van der Waals surface area (Å²) in [4.78, 5) is 13.5. The molecule has 0 bridgehead atoms. The zero-order valence-electron chi connectivity index (χ0n) is 8.18. The van der Waals surface area contributed by atoms with E-state index in [1.807, 2.05) is 0 Å². The van der Waals surface area contributed by atoms with Gasteiger partial charge >= 0.3 is 0 Å². The van der Waals surface area contributed by atoms with Crippen molar-refractivity contribution in [2.24, 2.45) is 10.9 Å². The Bertz CT molecular complexity index is 139. The van der Waals surface area contributed by atoms with Crippen LogP contribution in [0.3, 0.4) is 0 Å². The van der Waals surface area contributed by atoms with Crippen molar-refractivity contribution in [1.29, 1.82) is 0 Å². The Balaban J connectivity index is 3.60. The van der Waals surface area contributed by atoms with E-state index in [0.717, 1.165) is 0 Å². The van der Waals surface area contributed by atoms with Gasteiger partial charge in [0, 0.05) is 0 Å². The summed E-state index contributed by atoms with van der Waals surface area (Å²) in [7, 11) is 0. The van der Waals surface area contributed by atoms with Gasteiger partial charge in [0.05, 0.1) is 6.54 Å². The highest BCUT2D eigenvalue weighted by Crippen LogP contribution is 2.14. The Labute approximate surface area is 75.1 Å². The minimum absolute atomic E-state index is 0.608. The van der Waals surface area contributed by atoms with Crippen molar-refractivity contribution in [2.45, 2.75) is 46.0 Å². The van der Waals surface area contributed by atoms with Crippen molar-refractivity contribution >= 4 is 6.08 Å². The van der Waals surface area contributed by atoms with Crippen molar-refractivity contribution in [2.75, 3.05) is 6.54 Å². The van der Waals surface area contributed by atoms with Crippen LogP contribution in [-0.4, -0.2) is 12.6 Å². The molecule has 12 heavy (non-hydrogen) atoms. The van der Waals surface area contributed by atoms with Gasteiger partial charge in [-0.1, -0.05) is 33.1 Å². The molecule has 0 aliphatic rings. The van der Waals surface area contributed by atoms with Gasteiger partial charge in [0.25, 0.3) is 0 Å². The Morgan fingerprint density at radius 3 is 2.50 bits per heavy atom. The van der Waals surface area contributed by atoms with E-state index in [4.69, 9.17) is 0 Å². The molecule has 2 heteroatoms. The number of rotatable bonds is 7. The van der Waals surface area contributed by atoms with E-state index in [1.165, 1.54) is 32.1 Å². The molecule has 1 atom stereocenters. The maximum Gasteiger partial charge on any atom is 0.234 e. The molecule has 0 rings (SSSR count). The predicted molar refractivity (Wildman–Crippen MR) is 50.9 cm³/mol. The highest BCUT2D eigenvalue weighted by Gasteiger charge is 2.05. The van der Waals surface area contributed by atoms with Crippen molar-refractivity contribution in [1.82, 2.24) is 0 Å². The molecule has 0 aliphatic carbocycles. The number of aliphatic imine (C=N–C) groups is 1. The summed E-state index contributed by atoms with van der Waals surface area (Å²) in [6, 6.07) is 0. The summed E-state index contributed by atoms with van der Waals surface area (Å²) < 4.78 is 0. The first-order valence-electron chi connectivity index (χ1n) is 4.88. The summed E-state index contributed by atoms with van der Waals surface area (Å²) in [5.74, 6) is 0.608. The average molecular weight is 169 g/mol. The molecular formula is C10H19NO. The molecular weight excluding hydrogens is 150 g/mol. The lowest BCUT2D eigenvalue weighted by molar-refractivity contribution is 0.438. The van der Waals surface area contributed by atoms with Gasteiger partial charge in [0.15, 0.2) is 0 Å². The second-order valence-corrected chi connectivity index (χ2v) is 3.23. The van der Waals surface area contributed by atoms with Crippen LogP contribution in [0.5, 0.6) is 0 Å². The third-order valence-electron chi connectivity index (χ3n) is 2.08. The standard InChI is InChI=1S/C10H19NO/c1-3-5-7-10(6-4-2)8-11-9-12/h10H,3-8H2,1-2H3. The van der Waals surface area contributed by atoms with Gasteiger partial charge in [-0.3, -0.25) is 0 Å². The fourth-order valence-corrected chi connectivity index (χ4v) is 1.39. The zero-order chi connectivity index (χ0) is 9.23. The van der Waals surface area contributed by atoms with Crippen LogP contribution in [0.1, 0.15) is 46.0 Å². The quantitative estimate of drug-likeness (QED) is 0.425. The van der Waals surface area contributed by atoms with Crippen LogP contribution in [0.4, 0.5) is 0 Å². The third kappa shape index (κ3) is 6.11. The van der Waals surface area contributed by atoms with Crippen LogP contribution in [0.15, 0.2) is 4.99 Å². The molecule has 0 heterocycles. The molecule has 0 spiro atoms. The molecule has 1 unspecified atom stereocenters. The number of nitrogens with zero attached hydrogens (tertiary/aromatic N) is 1. The van der Waals surface area contributed by atoms with E-state index in [9.17, 15) is 4.79 Å². The van der Waals surface area contributed by atoms with Crippen LogP contribution in [0.25, 0.3) is 0 Å². The van der Waals surface area contributed by atoms with Crippen LogP contribution < -0.4 is 0 Å². The first kappa shape index (κ1) is 11.4. The van der Waals surface area contributed by atoms with Crippen molar-refractivity contribution in [3.05, 3.63) is 0 Å². The molecule has 0 saturated carbocycles. The van der Waals surface area contributed by atoms with E-state index in [0.29, 0.717) is 12.5 Å². The molecule has 0 fully saturated rings. The minimum Gasteiger partial charge on any atom is -0.211 e. The van der Waals surface area contributed by atoms with Crippen LogP contribution in [0.2, 0.25) is 0 Å². The molecule has 0 radical (unpaired) electrons. The lowest BCUT2D eigenvalue weighted by atomic mass is 9.97. The van der Waals surface area contributed by atoms with E-state index in [1.54, 1.807) is 6.08 Å². The van der Waals surface area contributed by atoms with Crippen LogP contribution >= 0.6 is 0 Å². The SMILES string of the molecule is CCCCC(CCC)CN=C=O. The second kappa shape index (κ2) is 8.48. The Kier molecular flexibility index (Phi) is 8.04. The predicted octanol–water partition coefficient (Wildman–Crippen LogP) is 2.93. The van der Waals surface area contributed by atoms with Crippen molar-refractivity contribution < 1.29 is 4.79 Å². The summed E-state index contributed by atoms with van der Waals surface area (Å²) in [6.45, 7) is 5.03. The second-order valence-electron chi connectivity index (χ2n) is 3.23. The summed E-state index contributed by atoms with van der Waals surface area (Å²) in [5.41, 5.74) is 0. The number of hydrogen-bond donors (Lipinski definition) is 0. The zero-order valence-corrected chi connectivity index (χ0v) is 8.18. The van der Waals surface area contributed by atoms with Gasteiger partial charge in [-0.05, 0) is 18.8 Å². The lowest BCUT2D eigenvalue weighted by Crippen LogP contribution is -2.04. The molecule has 0 aliphatic heterocycles. The molecule has 70 valence electrons. The topological polar surface area (TPSA) is 29.4 Å². The van der Waals surface area contributed by atoms with E-state index in [-0.39, 0.29) is 0 Å². The highest BCUT2D eigenvalue weighted by molar-refractivity contribution is 5.32. The van der Waals surface area contributed by atoms with Crippen molar-refractivity contribution in [3.63, 3.8) is 0 Å². The van der Waals surface area contributed by atoms with E-state index < -0.39 is 0 Å². The molecule has 0 aromatic rings. The maximum absolute atomic E-state index is 9.90.